The highest BCUT2D eigenvalue weighted by Crippen LogP contribution is 2.21. The fourth-order valence-corrected chi connectivity index (χ4v) is 2.78. The lowest BCUT2D eigenvalue weighted by Crippen LogP contribution is -2.15. The number of hydrogen-bond donors (Lipinski definition) is 1. The summed E-state index contributed by atoms with van der Waals surface area (Å²) < 4.78 is 14.9. The molecule has 3 aromatic rings. The molecule has 0 aliphatic carbocycles. The summed E-state index contributed by atoms with van der Waals surface area (Å²) in [7, 11) is 1.74. The monoisotopic (exact) mass is 289 g/mol. The second-order valence-electron chi connectivity index (χ2n) is 4.54. The molecule has 6 heteroatoms. The highest BCUT2D eigenvalue weighted by Gasteiger charge is 2.15. The van der Waals surface area contributed by atoms with Crippen LogP contribution in [0, 0.1) is 12.7 Å². The van der Waals surface area contributed by atoms with Crippen molar-refractivity contribution in [2.75, 3.05) is 5.32 Å². The first-order chi connectivity index (χ1) is 9.54. The van der Waals surface area contributed by atoms with Gasteiger partial charge in [-0.25, -0.2) is 9.37 Å². The van der Waals surface area contributed by atoms with Crippen LogP contribution in [0.5, 0.6) is 0 Å². The maximum Gasteiger partial charge on any atom is 0.274 e. The SMILES string of the molecule is Cc1csc(NC(=O)c2cc3ccc(F)cc3n2C)n1. The Morgan fingerprint density at radius 2 is 2.20 bits per heavy atom. The van der Waals surface area contributed by atoms with Gasteiger partial charge in [0.25, 0.3) is 5.91 Å². The van der Waals surface area contributed by atoms with Gasteiger partial charge in [-0.3, -0.25) is 10.1 Å². The summed E-state index contributed by atoms with van der Waals surface area (Å²) in [6, 6.07) is 6.20. The van der Waals surface area contributed by atoms with Crippen LogP contribution in [0.2, 0.25) is 0 Å². The minimum absolute atomic E-state index is 0.251. The second kappa shape index (κ2) is 4.72. The summed E-state index contributed by atoms with van der Waals surface area (Å²) in [5.74, 6) is -0.570. The van der Waals surface area contributed by atoms with Crippen LogP contribution in [0.3, 0.4) is 0 Å². The molecule has 2 aromatic heterocycles. The van der Waals surface area contributed by atoms with E-state index in [1.165, 1.54) is 23.5 Å². The van der Waals surface area contributed by atoms with Crippen LogP contribution in [-0.2, 0) is 7.05 Å². The van der Waals surface area contributed by atoms with Crippen molar-refractivity contribution in [3.63, 3.8) is 0 Å². The molecule has 1 amide bonds. The Morgan fingerprint density at radius 3 is 2.90 bits per heavy atom. The van der Waals surface area contributed by atoms with Crippen LogP contribution in [-0.4, -0.2) is 15.5 Å². The molecule has 3 rings (SSSR count). The van der Waals surface area contributed by atoms with Gasteiger partial charge in [0.2, 0.25) is 0 Å². The van der Waals surface area contributed by atoms with Crippen LogP contribution in [0.15, 0.2) is 29.6 Å². The first-order valence-corrected chi connectivity index (χ1v) is 6.91. The van der Waals surface area contributed by atoms with E-state index in [2.05, 4.69) is 10.3 Å². The average Bonchev–Trinajstić information content (AvgIpc) is 2.94. The number of fused-ring (bicyclic) bond motifs is 1. The van der Waals surface area contributed by atoms with E-state index in [0.717, 1.165) is 11.1 Å². The molecular formula is C14H12FN3OS. The van der Waals surface area contributed by atoms with Crippen molar-refractivity contribution in [3.05, 3.63) is 46.9 Å². The van der Waals surface area contributed by atoms with Gasteiger partial charge in [0.05, 0.1) is 11.2 Å². The van der Waals surface area contributed by atoms with Crippen molar-refractivity contribution in [2.45, 2.75) is 6.92 Å². The number of carbonyl (C=O) groups is 1. The number of rotatable bonds is 2. The maximum atomic E-state index is 13.3. The summed E-state index contributed by atoms with van der Waals surface area (Å²) >= 11 is 1.38. The number of halogens is 1. The number of hydrogen-bond acceptors (Lipinski definition) is 3. The normalized spacial score (nSPS) is 10.9. The summed E-state index contributed by atoms with van der Waals surface area (Å²) in [5.41, 5.74) is 2.02. The van der Waals surface area contributed by atoms with Gasteiger partial charge in [0, 0.05) is 17.8 Å². The van der Waals surface area contributed by atoms with Crippen molar-refractivity contribution in [1.29, 1.82) is 0 Å². The largest absolute Gasteiger partial charge is 0.340 e. The van der Waals surface area contributed by atoms with Gasteiger partial charge in [0.1, 0.15) is 11.5 Å². The van der Waals surface area contributed by atoms with Crippen molar-refractivity contribution < 1.29 is 9.18 Å². The molecule has 0 fully saturated rings. The van der Waals surface area contributed by atoms with E-state index >= 15 is 0 Å². The third-order valence-electron chi connectivity index (χ3n) is 3.08. The standard InChI is InChI=1S/C14H12FN3OS/c1-8-7-20-14(16-8)17-13(19)12-5-9-3-4-10(15)6-11(9)18(12)2/h3-7H,1-2H3,(H,16,17,19). The lowest BCUT2D eigenvalue weighted by atomic mass is 10.2. The number of anilines is 1. The molecule has 2 heterocycles. The lowest BCUT2D eigenvalue weighted by molar-refractivity contribution is 0.101. The number of thiazole rings is 1. The summed E-state index contributed by atoms with van der Waals surface area (Å²) in [6.45, 7) is 1.87. The molecule has 0 atom stereocenters. The van der Waals surface area contributed by atoms with E-state index in [0.29, 0.717) is 16.3 Å². The first kappa shape index (κ1) is 12.8. The Balaban J connectivity index is 1.97. The van der Waals surface area contributed by atoms with Gasteiger partial charge in [-0.2, -0.15) is 0 Å². The third-order valence-corrected chi connectivity index (χ3v) is 3.96. The van der Waals surface area contributed by atoms with Gasteiger partial charge < -0.3 is 4.57 Å². The first-order valence-electron chi connectivity index (χ1n) is 6.03. The van der Waals surface area contributed by atoms with E-state index < -0.39 is 0 Å². The number of aromatic nitrogens is 2. The molecule has 0 aliphatic rings. The van der Waals surface area contributed by atoms with Crippen molar-refractivity contribution in [3.8, 4) is 0 Å². The van der Waals surface area contributed by atoms with Gasteiger partial charge in [-0.05, 0) is 31.2 Å². The molecule has 0 saturated heterocycles. The number of benzene rings is 1. The lowest BCUT2D eigenvalue weighted by Gasteiger charge is -2.03. The second-order valence-corrected chi connectivity index (χ2v) is 5.40. The topological polar surface area (TPSA) is 46.9 Å². The molecule has 0 radical (unpaired) electrons. The third kappa shape index (κ3) is 2.18. The van der Waals surface area contributed by atoms with Crippen molar-refractivity contribution >= 4 is 33.3 Å². The minimum atomic E-state index is -0.318. The number of aryl methyl sites for hydroxylation is 2. The summed E-state index contributed by atoms with van der Waals surface area (Å²) in [4.78, 5) is 16.4. The molecule has 0 spiro atoms. The molecular weight excluding hydrogens is 277 g/mol. The molecule has 0 saturated carbocycles. The zero-order valence-corrected chi connectivity index (χ0v) is 11.8. The quantitative estimate of drug-likeness (QED) is 0.786. The molecule has 1 N–H and O–H groups in total. The minimum Gasteiger partial charge on any atom is -0.340 e. The van der Waals surface area contributed by atoms with Gasteiger partial charge in [-0.15, -0.1) is 11.3 Å². The molecule has 102 valence electrons. The highest BCUT2D eigenvalue weighted by atomic mass is 32.1. The van der Waals surface area contributed by atoms with Crippen LogP contribution in [0.25, 0.3) is 10.9 Å². The van der Waals surface area contributed by atoms with E-state index in [1.807, 2.05) is 12.3 Å². The van der Waals surface area contributed by atoms with E-state index in [4.69, 9.17) is 0 Å². The Bertz CT molecular complexity index is 806. The highest BCUT2D eigenvalue weighted by molar-refractivity contribution is 7.13. The zero-order chi connectivity index (χ0) is 14.3. The van der Waals surface area contributed by atoms with Gasteiger partial charge in [-0.1, -0.05) is 0 Å². The number of carbonyl (C=O) groups excluding carboxylic acids is 1. The number of nitrogens with one attached hydrogen (secondary N) is 1. The predicted molar refractivity (Wildman–Crippen MR) is 77.7 cm³/mol. The average molecular weight is 289 g/mol. The summed E-state index contributed by atoms with van der Waals surface area (Å²) in [5, 5.41) is 6.00. The molecule has 0 unspecified atom stereocenters. The van der Waals surface area contributed by atoms with Gasteiger partial charge >= 0.3 is 0 Å². The van der Waals surface area contributed by atoms with E-state index in [-0.39, 0.29) is 11.7 Å². The Kier molecular flexibility index (Phi) is 3.02. The fraction of sp³-hybridized carbons (Fsp3) is 0.143. The molecule has 1 aromatic carbocycles. The van der Waals surface area contributed by atoms with E-state index in [1.54, 1.807) is 23.7 Å². The fourth-order valence-electron chi connectivity index (χ4n) is 2.09. The predicted octanol–water partition coefficient (Wildman–Crippen LogP) is 3.33. The van der Waals surface area contributed by atoms with Crippen LogP contribution in [0.1, 0.15) is 16.2 Å². The van der Waals surface area contributed by atoms with Crippen molar-refractivity contribution in [2.24, 2.45) is 7.05 Å². The molecule has 0 bridgehead atoms. The zero-order valence-electron chi connectivity index (χ0n) is 11.0. The summed E-state index contributed by atoms with van der Waals surface area (Å²) in [6.07, 6.45) is 0. The van der Waals surface area contributed by atoms with Gasteiger partial charge in [0.15, 0.2) is 5.13 Å². The molecule has 4 nitrogen and oxygen atoms in total. The maximum absolute atomic E-state index is 13.3. The van der Waals surface area contributed by atoms with E-state index in [9.17, 15) is 9.18 Å². The van der Waals surface area contributed by atoms with Crippen molar-refractivity contribution in [1.82, 2.24) is 9.55 Å². The van der Waals surface area contributed by atoms with Crippen LogP contribution in [0.4, 0.5) is 9.52 Å². The van der Waals surface area contributed by atoms with Crippen LogP contribution >= 0.6 is 11.3 Å². The molecule has 20 heavy (non-hydrogen) atoms. The van der Waals surface area contributed by atoms with Crippen LogP contribution < -0.4 is 5.32 Å². The number of nitrogens with zero attached hydrogens (tertiary/aromatic N) is 2. The number of amides is 1. The Morgan fingerprint density at radius 1 is 1.40 bits per heavy atom. The molecule has 0 aliphatic heterocycles. The Hall–Kier alpha value is -2.21. The Labute approximate surface area is 118 Å². The smallest absolute Gasteiger partial charge is 0.274 e.